The minimum absolute atomic E-state index is 0.248. The van der Waals surface area contributed by atoms with Crippen LogP contribution in [0.15, 0.2) is 33.4 Å². The van der Waals surface area contributed by atoms with Gasteiger partial charge in [-0.3, -0.25) is 14.8 Å². The lowest BCUT2D eigenvalue weighted by molar-refractivity contribution is 0.474. The van der Waals surface area contributed by atoms with E-state index in [9.17, 15) is 9.59 Å². The van der Waals surface area contributed by atoms with Crippen LogP contribution in [0.1, 0.15) is 38.9 Å². The van der Waals surface area contributed by atoms with Crippen molar-refractivity contribution in [2.45, 2.75) is 38.5 Å². The first kappa shape index (κ1) is 13.6. The molecule has 6 heteroatoms. The maximum Gasteiger partial charge on any atom is 0.327 e. The van der Waals surface area contributed by atoms with Crippen LogP contribution in [0.5, 0.6) is 0 Å². The summed E-state index contributed by atoms with van der Waals surface area (Å²) in [5.74, 6) is 0.725. The van der Waals surface area contributed by atoms with Crippen LogP contribution in [0.25, 0.3) is 11.2 Å². The Hall–Kier alpha value is -2.37. The van der Waals surface area contributed by atoms with Crippen LogP contribution < -0.4 is 11.2 Å². The summed E-state index contributed by atoms with van der Waals surface area (Å²) in [4.78, 5) is 35.5. The smallest absolute Gasteiger partial charge is 0.327 e. The van der Waals surface area contributed by atoms with Crippen LogP contribution in [0.2, 0.25) is 0 Å². The number of hydrogen-bond donors (Lipinski definition) is 3. The molecule has 110 valence electrons. The number of rotatable bonds is 3. The normalized spacial score (nSPS) is 21.7. The quantitative estimate of drug-likeness (QED) is 0.804. The molecule has 0 radical (unpaired) electrons. The van der Waals surface area contributed by atoms with Gasteiger partial charge in [0.15, 0.2) is 5.65 Å². The number of imidazole rings is 1. The second kappa shape index (κ2) is 4.87. The highest BCUT2D eigenvalue weighted by molar-refractivity contribution is 5.69. The van der Waals surface area contributed by atoms with Crippen LogP contribution in [-0.4, -0.2) is 19.9 Å². The second-order valence-corrected chi connectivity index (χ2v) is 5.44. The fourth-order valence-corrected chi connectivity index (χ4v) is 2.88. The average molecular weight is 286 g/mol. The van der Waals surface area contributed by atoms with Gasteiger partial charge in [0.2, 0.25) is 0 Å². The summed E-state index contributed by atoms with van der Waals surface area (Å²) < 4.78 is 0. The first-order valence-electron chi connectivity index (χ1n) is 7.18. The van der Waals surface area contributed by atoms with Gasteiger partial charge in [-0.15, -0.1) is 0 Å². The third kappa shape index (κ3) is 2.16. The van der Waals surface area contributed by atoms with Gasteiger partial charge in [0.1, 0.15) is 11.3 Å². The fourth-order valence-electron chi connectivity index (χ4n) is 2.88. The fraction of sp³-hybridized carbons (Fsp3) is 0.400. The van der Waals surface area contributed by atoms with Crippen LogP contribution in [0.3, 0.4) is 0 Å². The number of nitrogens with one attached hydrogen (secondary N) is 3. The molecule has 0 aliphatic heterocycles. The number of nitrogens with zero attached hydrogens (tertiary/aromatic N) is 1. The molecule has 2 heterocycles. The minimum atomic E-state index is -0.538. The van der Waals surface area contributed by atoms with Gasteiger partial charge in [-0.2, -0.15) is 0 Å². The van der Waals surface area contributed by atoms with Gasteiger partial charge >= 0.3 is 5.69 Å². The molecule has 0 bridgehead atoms. The van der Waals surface area contributed by atoms with Crippen molar-refractivity contribution in [3.05, 3.63) is 50.5 Å². The Balaban J connectivity index is 2.17. The Morgan fingerprint density at radius 2 is 2.05 bits per heavy atom. The maximum absolute atomic E-state index is 11.8. The standard InChI is InChI=1S/C15H18N4O2/c1-3-9-6-5-7-15(4-2,8-9)13-16-10-11(17-13)18-14(21)19-12(10)20/h5-7H,3-4,8H2,1-2H3,(H3,16,17,18,19,20,21). The molecule has 3 rings (SSSR count). The molecule has 2 aromatic heterocycles. The van der Waals surface area contributed by atoms with E-state index in [0.717, 1.165) is 25.1 Å². The lowest BCUT2D eigenvalue weighted by Crippen LogP contribution is -2.26. The molecule has 1 atom stereocenters. The third-order valence-corrected chi connectivity index (χ3v) is 4.24. The van der Waals surface area contributed by atoms with Crippen LogP contribution >= 0.6 is 0 Å². The van der Waals surface area contributed by atoms with Crippen molar-refractivity contribution in [3.8, 4) is 0 Å². The molecule has 2 aromatic rings. The molecular formula is C15H18N4O2. The van der Waals surface area contributed by atoms with Gasteiger partial charge in [-0.05, 0) is 19.3 Å². The zero-order valence-electron chi connectivity index (χ0n) is 12.1. The minimum Gasteiger partial charge on any atom is -0.335 e. The largest absolute Gasteiger partial charge is 0.335 e. The second-order valence-electron chi connectivity index (χ2n) is 5.44. The number of aromatic nitrogens is 4. The number of fused-ring (bicyclic) bond motifs is 1. The molecule has 0 spiro atoms. The molecule has 0 saturated carbocycles. The summed E-state index contributed by atoms with van der Waals surface area (Å²) in [7, 11) is 0. The van der Waals surface area contributed by atoms with Crippen LogP contribution in [0.4, 0.5) is 0 Å². The Morgan fingerprint density at radius 1 is 1.24 bits per heavy atom. The molecule has 0 amide bonds. The molecule has 1 unspecified atom stereocenters. The SMILES string of the molecule is CCC1=CC=CC(CC)(c2nc3[nH]c(=O)[nH]c(=O)c3[nH]2)C1. The van der Waals surface area contributed by atoms with E-state index in [1.54, 1.807) is 0 Å². The van der Waals surface area contributed by atoms with Crippen molar-refractivity contribution < 1.29 is 0 Å². The Kier molecular flexibility index (Phi) is 3.16. The van der Waals surface area contributed by atoms with E-state index in [-0.39, 0.29) is 5.41 Å². The lowest BCUT2D eigenvalue weighted by Gasteiger charge is -2.30. The van der Waals surface area contributed by atoms with E-state index in [0.29, 0.717) is 11.2 Å². The van der Waals surface area contributed by atoms with Gasteiger partial charge < -0.3 is 4.98 Å². The molecule has 1 aliphatic rings. The van der Waals surface area contributed by atoms with E-state index in [1.165, 1.54) is 5.57 Å². The van der Waals surface area contributed by atoms with Gasteiger partial charge in [0, 0.05) is 0 Å². The summed E-state index contributed by atoms with van der Waals surface area (Å²) >= 11 is 0. The lowest BCUT2D eigenvalue weighted by atomic mass is 9.75. The van der Waals surface area contributed by atoms with Crippen LogP contribution in [-0.2, 0) is 5.41 Å². The maximum atomic E-state index is 11.8. The molecule has 0 saturated heterocycles. The first-order valence-corrected chi connectivity index (χ1v) is 7.18. The van der Waals surface area contributed by atoms with E-state index in [1.807, 2.05) is 6.08 Å². The van der Waals surface area contributed by atoms with Gasteiger partial charge in [-0.25, -0.2) is 9.78 Å². The number of allylic oxidation sites excluding steroid dienone is 4. The number of aromatic amines is 3. The van der Waals surface area contributed by atoms with Gasteiger partial charge in [0.05, 0.1) is 5.41 Å². The predicted molar refractivity (Wildman–Crippen MR) is 81.4 cm³/mol. The molecule has 0 fully saturated rings. The summed E-state index contributed by atoms with van der Waals surface area (Å²) in [6.45, 7) is 4.23. The highest BCUT2D eigenvalue weighted by atomic mass is 16.2. The third-order valence-electron chi connectivity index (χ3n) is 4.24. The van der Waals surface area contributed by atoms with Crippen molar-refractivity contribution >= 4 is 11.2 Å². The van der Waals surface area contributed by atoms with Crippen molar-refractivity contribution in [1.29, 1.82) is 0 Å². The predicted octanol–water partition coefficient (Wildman–Crippen LogP) is 1.88. The monoisotopic (exact) mass is 286 g/mol. The first-order chi connectivity index (χ1) is 10.1. The molecule has 0 aromatic carbocycles. The van der Waals surface area contributed by atoms with E-state index >= 15 is 0 Å². The molecule has 1 aliphatic carbocycles. The average Bonchev–Trinajstić information content (AvgIpc) is 2.92. The summed E-state index contributed by atoms with van der Waals surface area (Å²) in [5.41, 5.74) is 0.755. The Labute approximate surface area is 121 Å². The molecule has 6 nitrogen and oxygen atoms in total. The van der Waals surface area contributed by atoms with Crippen molar-refractivity contribution in [2.75, 3.05) is 0 Å². The van der Waals surface area contributed by atoms with Gasteiger partial charge in [-0.1, -0.05) is 37.6 Å². The molecule has 21 heavy (non-hydrogen) atoms. The van der Waals surface area contributed by atoms with Crippen molar-refractivity contribution in [2.24, 2.45) is 0 Å². The Bertz CT molecular complexity index is 852. The van der Waals surface area contributed by atoms with Gasteiger partial charge in [0.25, 0.3) is 5.56 Å². The summed E-state index contributed by atoms with van der Waals surface area (Å²) in [5, 5.41) is 0. The zero-order valence-corrected chi connectivity index (χ0v) is 12.1. The van der Waals surface area contributed by atoms with Crippen molar-refractivity contribution in [3.63, 3.8) is 0 Å². The van der Waals surface area contributed by atoms with E-state index in [4.69, 9.17) is 0 Å². The Morgan fingerprint density at radius 3 is 2.76 bits per heavy atom. The molecular weight excluding hydrogens is 268 g/mol. The summed E-state index contributed by atoms with van der Waals surface area (Å²) in [6.07, 6.45) is 9.03. The van der Waals surface area contributed by atoms with Crippen LogP contribution in [0, 0.1) is 0 Å². The number of hydrogen-bond acceptors (Lipinski definition) is 3. The van der Waals surface area contributed by atoms with Crippen molar-refractivity contribution in [1.82, 2.24) is 19.9 Å². The van der Waals surface area contributed by atoms with E-state index in [2.05, 4.69) is 45.9 Å². The number of H-pyrrole nitrogens is 3. The molecule has 3 N–H and O–H groups in total. The zero-order chi connectivity index (χ0) is 15.0. The summed E-state index contributed by atoms with van der Waals surface area (Å²) in [6, 6.07) is 0. The highest BCUT2D eigenvalue weighted by Crippen LogP contribution is 2.38. The topological polar surface area (TPSA) is 94.4 Å². The highest BCUT2D eigenvalue weighted by Gasteiger charge is 2.33. The van der Waals surface area contributed by atoms with E-state index < -0.39 is 11.2 Å².